The number of nitriles is 1. The van der Waals surface area contributed by atoms with Gasteiger partial charge < -0.3 is 19.6 Å². The Bertz CT molecular complexity index is 956. The van der Waals surface area contributed by atoms with Gasteiger partial charge in [-0.2, -0.15) is 5.26 Å². The molecular weight excluding hydrogens is 381 g/mol. The van der Waals surface area contributed by atoms with Crippen molar-refractivity contribution in [3.63, 3.8) is 0 Å². The number of halogens is 1. The second kappa shape index (κ2) is 8.23. The van der Waals surface area contributed by atoms with Gasteiger partial charge in [-0.3, -0.25) is 4.79 Å². The van der Waals surface area contributed by atoms with Gasteiger partial charge in [-0.15, -0.1) is 0 Å². The molecule has 0 radical (unpaired) electrons. The van der Waals surface area contributed by atoms with E-state index < -0.39 is 17.1 Å². The topological polar surface area (TPSA) is 76.8 Å². The molecule has 1 amide bonds. The van der Waals surface area contributed by atoms with Gasteiger partial charge in [-0.05, 0) is 38.1 Å². The molecule has 0 aromatic heterocycles. The van der Waals surface area contributed by atoms with Crippen LogP contribution in [0.3, 0.4) is 0 Å². The molecule has 0 heterocycles. The van der Waals surface area contributed by atoms with Crippen molar-refractivity contribution in [1.29, 1.82) is 5.26 Å². The maximum Gasteiger partial charge on any atom is 0.252 e. The third-order valence-corrected chi connectivity index (χ3v) is 4.65. The van der Waals surface area contributed by atoms with E-state index in [1.165, 1.54) is 34.5 Å². The lowest BCUT2D eigenvalue weighted by Gasteiger charge is -2.38. The van der Waals surface area contributed by atoms with Crippen LogP contribution in [0, 0.1) is 17.1 Å². The zero-order valence-electron chi connectivity index (χ0n) is 15.9. The average molecular weight is 401 g/mol. The van der Waals surface area contributed by atoms with E-state index in [0.717, 1.165) is 6.07 Å². The number of likely N-dealkylation sites (N-methyl/N-ethyl adjacent to an activating group) is 1. The molecule has 28 heavy (non-hydrogen) atoms. The van der Waals surface area contributed by atoms with Crippen LogP contribution >= 0.6 is 12.2 Å². The minimum atomic E-state index is -1.17. The van der Waals surface area contributed by atoms with E-state index in [1.807, 2.05) is 6.07 Å². The number of amides is 1. The molecule has 0 bridgehead atoms. The molecule has 0 spiro atoms. The summed E-state index contributed by atoms with van der Waals surface area (Å²) in [7, 11) is 3.03. The van der Waals surface area contributed by atoms with Crippen LogP contribution in [-0.4, -0.2) is 36.2 Å². The van der Waals surface area contributed by atoms with Gasteiger partial charge in [0.25, 0.3) is 5.91 Å². The van der Waals surface area contributed by atoms with Crippen molar-refractivity contribution < 1.29 is 19.0 Å². The molecule has 6 nitrogen and oxygen atoms in total. The number of hydrogen-bond acceptors (Lipinski definition) is 5. The maximum atomic E-state index is 13.8. The van der Waals surface area contributed by atoms with E-state index in [-0.39, 0.29) is 5.91 Å². The Morgan fingerprint density at radius 3 is 2.46 bits per heavy atom. The quantitative estimate of drug-likeness (QED) is 0.745. The summed E-state index contributed by atoms with van der Waals surface area (Å²) in [5.74, 6) is -1.27. The number of methoxy groups -OCH3 is 1. The fourth-order valence-electron chi connectivity index (χ4n) is 2.77. The number of benzene rings is 2. The molecule has 0 saturated carbocycles. The Kier molecular flexibility index (Phi) is 6.21. The summed E-state index contributed by atoms with van der Waals surface area (Å²) in [4.78, 5) is 16.1. The van der Waals surface area contributed by atoms with Crippen molar-refractivity contribution >= 4 is 35.0 Å². The van der Waals surface area contributed by atoms with Crippen LogP contribution in [0.4, 0.5) is 15.8 Å². The van der Waals surface area contributed by atoms with E-state index in [0.29, 0.717) is 22.7 Å². The van der Waals surface area contributed by atoms with Crippen molar-refractivity contribution in [1.82, 2.24) is 0 Å². The van der Waals surface area contributed by atoms with Gasteiger partial charge in [0.2, 0.25) is 0 Å². The molecule has 0 fully saturated rings. The monoisotopic (exact) mass is 401 g/mol. The molecule has 0 aliphatic carbocycles. The van der Waals surface area contributed by atoms with Crippen LogP contribution in [0.2, 0.25) is 0 Å². The zero-order valence-corrected chi connectivity index (χ0v) is 16.7. The minimum Gasteiger partial charge on any atom is -0.505 e. The molecule has 0 saturated heterocycles. The average Bonchev–Trinajstić information content (AvgIpc) is 2.69. The fourth-order valence-corrected chi connectivity index (χ4v) is 3.16. The first-order valence-electron chi connectivity index (χ1n) is 8.26. The second-order valence-electron chi connectivity index (χ2n) is 6.53. The number of hydrogen-bond donors (Lipinski definition) is 1. The van der Waals surface area contributed by atoms with E-state index in [2.05, 4.69) is 0 Å². The maximum absolute atomic E-state index is 13.8. The molecule has 8 heteroatoms. The summed E-state index contributed by atoms with van der Waals surface area (Å²) < 4.78 is 19.0. The highest BCUT2D eigenvalue weighted by atomic mass is 32.1. The number of aromatic hydroxyl groups is 1. The predicted octanol–water partition coefficient (Wildman–Crippen LogP) is 3.62. The number of carbonyl (C=O) groups is 1. The number of anilines is 2. The number of phenolic OH excluding ortho intramolecular Hbond substituents is 1. The van der Waals surface area contributed by atoms with Gasteiger partial charge in [0, 0.05) is 30.6 Å². The van der Waals surface area contributed by atoms with Gasteiger partial charge in [0.15, 0.2) is 11.6 Å². The summed E-state index contributed by atoms with van der Waals surface area (Å²) >= 11 is 5.06. The summed E-state index contributed by atoms with van der Waals surface area (Å²) in [6.07, 6.45) is 0. The third kappa shape index (κ3) is 3.89. The molecule has 2 aromatic rings. The molecule has 0 unspecified atom stereocenters. The SMILES string of the molecule is COc1cc(N(C)C(=O)C(C)(C)N(C=S)c2ccc(O)c(F)c2)ccc1C#N. The number of rotatable bonds is 6. The van der Waals surface area contributed by atoms with E-state index in [9.17, 15) is 14.3 Å². The van der Waals surface area contributed by atoms with Crippen LogP contribution in [-0.2, 0) is 4.79 Å². The fraction of sp³-hybridized carbons (Fsp3) is 0.250. The first-order valence-corrected chi connectivity index (χ1v) is 8.74. The van der Waals surface area contributed by atoms with Crippen molar-refractivity contribution in [2.75, 3.05) is 24.0 Å². The first-order chi connectivity index (χ1) is 13.2. The van der Waals surface area contributed by atoms with Crippen molar-refractivity contribution in [2.24, 2.45) is 0 Å². The van der Waals surface area contributed by atoms with Crippen LogP contribution < -0.4 is 14.5 Å². The molecule has 0 aliphatic rings. The Balaban J connectivity index is 2.40. The standard InChI is InChI=1S/C20H20FN3O3S/c1-20(2,24(12-28)15-7-8-17(25)16(21)9-15)19(26)23(3)14-6-5-13(11-22)18(10-14)27-4/h5-10,12,25H,1-4H3. The smallest absolute Gasteiger partial charge is 0.252 e. The predicted molar refractivity (Wildman–Crippen MR) is 109 cm³/mol. The molecular formula is C20H20FN3O3S. The number of carbonyl (C=O) groups excluding carboxylic acids is 1. The summed E-state index contributed by atoms with van der Waals surface area (Å²) in [6, 6.07) is 10.6. The normalized spacial score (nSPS) is 10.7. The van der Waals surface area contributed by atoms with Crippen LogP contribution in [0.5, 0.6) is 11.5 Å². The molecule has 2 rings (SSSR count). The lowest BCUT2D eigenvalue weighted by molar-refractivity contribution is -0.122. The summed E-state index contributed by atoms with van der Waals surface area (Å²) in [6.45, 7) is 3.31. The Morgan fingerprint density at radius 2 is 1.93 bits per heavy atom. The Morgan fingerprint density at radius 1 is 1.29 bits per heavy atom. The zero-order chi connectivity index (χ0) is 21.1. The van der Waals surface area contributed by atoms with Crippen LogP contribution in [0.1, 0.15) is 19.4 Å². The number of phenols is 1. The highest BCUT2D eigenvalue weighted by molar-refractivity contribution is 7.79. The Hall–Kier alpha value is -3.18. The van der Waals surface area contributed by atoms with Crippen molar-refractivity contribution in [3.8, 4) is 17.6 Å². The van der Waals surface area contributed by atoms with Gasteiger partial charge in [-0.25, -0.2) is 4.39 Å². The largest absolute Gasteiger partial charge is 0.505 e. The number of nitrogens with zero attached hydrogens (tertiary/aromatic N) is 3. The summed E-state index contributed by atoms with van der Waals surface area (Å²) in [5, 5.41) is 18.5. The lowest BCUT2D eigenvalue weighted by atomic mass is 9.99. The third-order valence-electron chi connectivity index (χ3n) is 4.44. The molecule has 0 aliphatic heterocycles. The van der Waals surface area contributed by atoms with Crippen molar-refractivity contribution in [2.45, 2.75) is 19.4 Å². The number of thiocarbonyl (C=S) groups is 1. The van der Waals surface area contributed by atoms with E-state index in [1.54, 1.807) is 39.1 Å². The highest BCUT2D eigenvalue weighted by Gasteiger charge is 2.37. The Labute approximate surface area is 168 Å². The van der Waals surface area contributed by atoms with Crippen LogP contribution in [0.15, 0.2) is 36.4 Å². The second-order valence-corrected chi connectivity index (χ2v) is 6.74. The lowest BCUT2D eigenvalue weighted by Crippen LogP contribution is -2.55. The van der Waals surface area contributed by atoms with Gasteiger partial charge in [0.1, 0.15) is 17.4 Å². The van der Waals surface area contributed by atoms with Crippen LogP contribution in [0.25, 0.3) is 0 Å². The molecule has 1 N–H and O–H groups in total. The highest BCUT2D eigenvalue weighted by Crippen LogP contribution is 2.31. The number of ether oxygens (including phenoxy) is 1. The molecule has 146 valence electrons. The van der Waals surface area contributed by atoms with Crippen molar-refractivity contribution in [3.05, 3.63) is 47.8 Å². The van der Waals surface area contributed by atoms with E-state index in [4.69, 9.17) is 22.2 Å². The van der Waals surface area contributed by atoms with Gasteiger partial charge >= 0.3 is 0 Å². The van der Waals surface area contributed by atoms with E-state index >= 15 is 0 Å². The summed E-state index contributed by atoms with van der Waals surface area (Å²) in [5.41, 5.74) is 1.30. The van der Waals surface area contributed by atoms with Gasteiger partial charge in [-0.1, -0.05) is 12.2 Å². The minimum absolute atomic E-state index is 0.325. The molecule has 2 aromatic carbocycles. The van der Waals surface area contributed by atoms with Gasteiger partial charge in [0.05, 0.1) is 18.2 Å². The first kappa shape index (κ1) is 21.1. The molecule has 0 atom stereocenters.